The lowest BCUT2D eigenvalue weighted by Gasteiger charge is -2.35. The summed E-state index contributed by atoms with van der Waals surface area (Å²) < 4.78 is 0. The van der Waals surface area contributed by atoms with Gasteiger partial charge in [0.05, 0.1) is 12.3 Å². The number of rotatable bonds is 9. The van der Waals surface area contributed by atoms with Crippen LogP contribution in [0.1, 0.15) is 44.1 Å². The lowest BCUT2D eigenvalue weighted by Crippen LogP contribution is -2.41. The monoisotopic (exact) mass is 395 g/mol. The minimum absolute atomic E-state index is 0.0166. The van der Waals surface area contributed by atoms with Gasteiger partial charge in [0.25, 0.3) is 0 Å². The first-order valence-electron chi connectivity index (χ1n) is 10.2. The number of nitrogens with two attached hydrogens (primary N) is 1. The van der Waals surface area contributed by atoms with Crippen LogP contribution in [0.25, 0.3) is 11.1 Å². The number of carbonyl (C=O) groups is 1. The predicted molar refractivity (Wildman–Crippen MR) is 114 cm³/mol. The molecule has 0 amide bonds. The molecule has 0 bridgehead atoms. The normalized spacial score (nSPS) is 16.6. The maximum absolute atomic E-state index is 11.8. The highest BCUT2D eigenvalue weighted by Gasteiger charge is 2.24. The van der Waals surface area contributed by atoms with Crippen molar-refractivity contribution < 1.29 is 9.90 Å². The fourth-order valence-electron chi connectivity index (χ4n) is 3.82. The molecular formula is C22H29N5O2. The Balaban J connectivity index is 1.68. The molecule has 1 aromatic carbocycles. The number of aryl methyl sites for hydroxylation is 1. The highest BCUT2D eigenvalue weighted by atomic mass is 16.3. The number of amidine groups is 1. The first-order chi connectivity index (χ1) is 14.1. The molecule has 3 rings (SSSR count). The van der Waals surface area contributed by atoms with Crippen LogP contribution in [0.5, 0.6) is 0 Å². The van der Waals surface area contributed by atoms with Crippen molar-refractivity contribution in [3.63, 3.8) is 0 Å². The molecule has 7 heteroatoms. The summed E-state index contributed by atoms with van der Waals surface area (Å²) >= 11 is 0. The Morgan fingerprint density at radius 3 is 2.76 bits per heavy atom. The Labute approximate surface area is 171 Å². The Bertz CT molecular complexity index is 835. The van der Waals surface area contributed by atoms with Crippen LogP contribution < -0.4 is 10.6 Å². The average molecular weight is 396 g/mol. The molecule has 7 nitrogen and oxygen atoms in total. The summed E-state index contributed by atoms with van der Waals surface area (Å²) in [6, 6.07) is 8.32. The zero-order valence-corrected chi connectivity index (χ0v) is 16.7. The number of aliphatic hydroxyl groups excluding tert-OH is 1. The number of aliphatic hydroxyl groups is 1. The summed E-state index contributed by atoms with van der Waals surface area (Å²) in [5.41, 5.74) is 8.29. The zero-order chi connectivity index (χ0) is 20.6. The third-order valence-electron chi connectivity index (χ3n) is 5.33. The third kappa shape index (κ3) is 5.84. The van der Waals surface area contributed by atoms with Gasteiger partial charge in [-0.3, -0.25) is 10.2 Å². The van der Waals surface area contributed by atoms with Crippen molar-refractivity contribution in [3.8, 4) is 11.1 Å². The van der Waals surface area contributed by atoms with Crippen LogP contribution in [0, 0.1) is 5.41 Å². The predicted octanol–water partition coefficient (Wildman–Crippen LogP) is 2.71. The van der Waals surface area contributed by atoms with Gasteiger partial charge < -0.3 is 15.7 Å². The van der Waals surface area contributed by atoms with Gasteiger partial charge in [0.2, 0.25) is 5.95 Å². The fraction of sp³-hybridized carbons (Fsp3) is 0.455. The Kier molecular flexibility index (Phi) is 7.30. The summed E-state index contributed by atoms with van der Waals surface area (Å²) in [5.74, 6) is 0.614. The van der Waals surface area contributed by atoms with Crippen molar-refractivity contribution in [1.82, 2.24) is 9.97 Å². The second-order valence-electron chi connectivity index (χ2n) is 7.57. The largest absolute Gasteiger partial charge is 0.396 e. The molecule has 0 radical (unpaired) electrons. The van der Waals surface area contributed by atoms with Crippen molar-refractivity contribution in [3.05, 3.63) is 42.2 Å². The van der Waals surface area contributed by atoms with E-state index in [2.05, 4.69) is 20.9 Å². The number of benzene rings is 1. The number of carbonyl (C=O) groups excluding carboxylic acids is 1. The van der Waals surface area contributed by atoms with Crippen LogP contribution >= 0.6 is 0 Å². The van der Waals surface area contributed by atoms with Gasteiger partial charge >= 0.3 is 0 Å². The van der Waals surface area contributed by atoms with Crippen LogP contribution in [-0.4, -0.2) is 45.9 Å². The number of anilines is 1. The summed E-state index contributed by atoms with van der Waals surface area (Å²) in [6.07, 6.45) is 8.81. The second-order valence-corrected chi connectivity index (χ2v) is 7.57. The van der Waals surface area contributed by atoms with Crippen molar-refractivity contribution >= 4 is 17.6 Å². The molecule has 2 heterocycles. The molecular weight excluding hydrogens is 366 g/mol. The van der Waals surface area contributed by atoms with Gasteiger partial charge in [0.15, 0.2) is 0 Å². The Morgan fingerprint density at radius 1 is 1.24 bits per heavy atom. The SMILES string of the molecule is N=C(N)CC(=O)CCc1cccc(-c2cnc(N3CCCCC3CCO)nc2)c1. The number of nitrogens with one attached hydrogen (secondary N) is 1. The topological polar surface area (TPSA) is 116 Å². The van der Waals surface area contributed by atoms with E-state index in [9.17, 15) is 9.90 Å². The lowest BCUT2D eigenvalue weighted by atomic mass is 10.00. The number of hydrogen-bond donors (Lipinski definition) is 3. The molecule has 2 aromatic rings. The third-order valence-corrected chi connectivity index (χ3v) is 5.33. The first-order valence-corrected chi connectivity index (χ1v) is 10.2. The van der Waals surface area contributed by atoms with E-state index in [1.807, 2.05) is 30.6 Å². The van der Waals surface area contributed by atoms with Crippen LogP contribution in [0.15, 0.2) is 36.7 Å². The van der Waals surface area contributed by atoms with Crippen molar-refractivity contribution in [2.75, 3.05) is 18.1 Å². The van der Waals surface area contributed by atoms with Gasteiger partial charge in [-0.25, -0.2) is 9.97 Å². The maximum atomic E-state index is 11.8. The van der Waals surface area contributed by atoms with E-state index in [1.54, 1.807) is 0 Å². The Morgan fingerprint density at radius 2 is 2.03 bits per heavy atom. The molecule has 1 aromatic heterocycles. The van der Waals surface area contributed by atoms with E-state index >= 15 is 0 Å². The van der Waals surface area contributed by atoms with E-state index in [4.69, 9.17) is 11.1 Å². The van der Waals surface area contributed by atoms with E-state index in [0.29, 0.717) is 18.9 Å². The molecule has 1 saturated heterocycles. The molecule has 0 aliphatic carbocycles. The molecule has 29 heavy (non-hydrogen) atoms. The maximum Gasteiger partial charge on any atom is 0.225 e. The van der Waals surface area contributed by atoms with Gasteiger partial charge in [0.1, 0.15) is 5.78 Å². The first kappa shape index (κ1) is 20.9. The van der Waals surface area contributed by atoms with Gasteiger partial charge in [-0.05, 0) is 43.2 Å². The van der Waals surface area contributed by atoms with Gasteiger partial charge in [-0.15, -0.1) is 0 Å². The summed E-state index contributed by atoms with van der Waals surface area (Å²) in [5, 5.41) is 16.5. The van der Waals surface area contributed by atoms with Crippen molar-refractivity contribution in [2.45, 2.75) is 51.0 Å². The number of hydrogen-bond acceptors (Lipinski definition) is 6. The number of aromatic nitrogens is 2. The van der Waals surface area contributed by atoms with Gasteiger partial charge in [-0.2, -0.15) is 0 Å². The van der Waals surface area contributed by atoms with E-state index in [1.165, 1.54) is 6.42 Å². The molecule has 154 valence electrons. The molecule has 0 spiro atoms. The molecule has 0 saturated carbocycles. The second kappa shape index (κ2) is 10.1. The Hall–Kier alpha value is -2.80. The summed E-state index contributed by atoms with van der Waals surface area (Å²) in [6.45, 7) is 1.11. The lowest BCUT2D eigenvalue weighted by molar-refractivity contribution is -0.117. The summed E-state index contributed by atoms with van der Waals surface area (Å²) in [4.78, 5) is 23.2. The molecule has 1 aliphatic rings. The standard InChI is InChI=1S/C22H29N5O2/c23-21(24)13-20(29)8-7-16-4-3-5-17(12-16)18-14-25-22(26-15-18)27-10-2-1-6-19(27)9-11-28/h3-5,12,14-15,19,28H,1-2,6-11,13H2,(H3,23,24). The highest BCUT2D eigenvalue weighted by Crippen LogP contribution is 2.25. The molecule has 4 N–H and O–H groups in total. The molecule has 1 atom stereocenters. The molecule has 1 unspecified atom stereocenters. The van der Waals surface area contributed by atoms with Crippen LogP contribution in [-0.2, 0) is 11.2 Å². The fourth-order valence-corrected chi connectivity index (χ4v) is 3.82. The number of ketones is 1. The average Bonchev–Trinajstić information content (AvgIpc) is 2.73. The number of nitrogens with zero attached hydrogens (tertiary/aromatic N) is 3. The van der Waals surface area contributed by atoms with Crippen molar-refractivity contribution in [1.29, 1.82) is 5.41 Å². The summed E-state index contributed by atoms with van der Waals surface area (Å²) in [7, 11) is 0. The van der Waals surface area contributed by atoms with E-state index in [-0.39, 0.29) is 24.6 Å². The minimum atomic E-state index is -0.0871. The minimum Gasteiger partial charge on any atom is -0.396 e. The van der Waals surface area contributed by atoms with Crippen molar-refractivity contribution in [2.24, 2.45) is 5.73 Å². The molecule has 1 fully saturated rings. The number of Topliss-reactive ketones (excluding diaryl/α,β-unsaturated/α-hetero) is 1. The highest BCUT2D eigenvalue weighted by molar-refractivity contribution is 5.98. The molecule has 1 aliphatic heterocycles. The zero-order valence-electron chi connectivity index (χ0n) is 16.7. The smallest absolute Gasteiger partial charge is 0.225 e. The quantitative estimate of drug-likeness (QED) is 0.444. The number of piperidine rings is 1. The van der Waals surface area contributed by atoms with Crippen LogP contribution in [0.2, 0.25) is 0 Å². The van der Waals surface area contributed by atoms with Gasteiger partial charge in [0, 0.05) is 43.6 Å². The van der Waals surface area contributed by atoms with E-state index in [0.717, 1.165) is 48.4 Å². The van der Waals surface area contributed by atoms with Gasteiger partial charge in [-0.1, -0.05) is 24.3 Å². The van der Waals surface area contributed by atoms with Crippen LogP contribution in [0.3, 0.4) is 0 Å². The van der Waals surface area contributed by atoms with Crippen LogP contribution in [0.4, 0.5) is 5.95 Å². The van der Waals surface area contributed by atoms with E-state index < -0.39 is 0 Å².